The Morgan fingerprint density at radius 1 is 1.36 bits per heavy atom. The van der Waals surface area contributed by atoms with Crippen molar-refractivity contribution in [3.05, 3.63) is 34.9 Å². The molecule has 0 bridgehead atoms. The van der Waals surface area contributed by atoms with E-state index in [-0.39, 0.29) is 11.6 Å². The van der Waals surface area contributed by atoms with Crippen molar-refractivity contribution in [1.82, 2.24) is 9.55 Å². The van der Waals surface area contributed by atoms with Crippen molar-refractivity contribution >= 4 is 11.5 Å². The topological polar surface area (TPSA) is 94.8 Å². The van der Waals surface area contributed by atoms with Crippen LogP contribution in [0.5, 0.6) is 17.2 Å². The van der Waals surface area contributed by atoms with Gasteiger partial charge in [0.05, 0.1) is 18.9 Å². The number of fused-ring (bicyclic) bond motifs is 2. The number of aliphatic hydroxyl groups excluding tert-OH is 1. The van der Waals surface area contributed by atoms with Crippen LogP contribution in [-0.2, 0) is 4.74 Å². The van der Waals surface area contributed by atoms with E-state index in [1.54, 1.807) is 25.1 Å². The Hall–Kier alpha value is -2.65. The number of alkyl halides is 1. The minimum atomic E-state index is -1.74. The first kappa shape index (κ1) is 18.7. The van der Waals surface area contributed by atoms with Gasteiger partial charge in [0.25, 0.3) is 0 Å². The Morgan fingerprint density at radius 3 is 2.89 bits per heavy atom. The van der Waals surface area contributed by atoms with Crippen LogP contribution >= 0.6 is 0 Å². The Balaban J connectivity index is 1.67. The molecule has 1 fully saturated rings. The molecule has 1 saturated heterocycles. The molecule has 0 amide bonds. The van der Waals surface area contributed by atoms with Gasteiger partial charge in [-0.05, 0) is 25.0 Å². The maximum Gasteiger partial charge on any atom is 0.352 e. The highest BCUT2D eigenvalue weighted by Crippen LogP contribution is 2.45. The second-order valence-electron chi connectivity index (χ2n) is 6.76. The molecule has 0 aliphatic carbocycles. The van der Waals surface area contributed by atoms with Crippen LogP contribution in [0.25, 0.3) is 0 Å². The molecular formula is C19H22FN3O5. The van der Waals surface area contributed by atoms with Crippen LogP contribution in [0.15, 0.2) is 29.2 Å². The fourth-order valence-electron chi connectivity index (χ4n) is 3.35. The second-order valence-corrected chi connectivity index (χ2v) is 6.76. The van der Waals surface area contributed by atoms with Gasteiger partial charge in [0.1, 0.15) is 17.5 Å². The van der Waals surface area contributed by atoms with E-state index in [2.05, 4.69) is 10.3 Å². The Kier molecular flexibility index (Phi) is 4.94. The van der Waals surface area contributed by atoms with E-state index >= 15 is 0 Å². The predicted molar refractivity (Wildman–Crippen MR) is 99.2 cm³/mol. The molecule has 1 aromatic heterocycles. The number of hydrogen-bond acceptors (Lipinski definition) is 7. The van der Waals surface area contributed by atoms with E-state index in [4.69, 9.17) is 14.2 Å². The van der Waals surface area contributed by atoms with Gasteiger partial charge in [-0.1, -0.05) is 19.9 Å². The van der Waals surface area contributed by atoms with Crippen molar-refractivity contribution in [1.29, 1.82) is 0 Å². The summed E-state index contributed by atoms with van der Waals surface area (Å²) in [6.45, 7) is 4.32. The molecule has 8 nitrogen and oxygen atoms in total. The number of nitrogens with one attached hydrogen (secondary N) is 1. The number of ether oxygens (including phenoxy) is 3. The van der Waals surface area contributed by atoms with Crippen LogP contribution in [0.3, 0.4) is 0 Å². The normalized spacial score (nSPS) is 25.4. The average molecular weight is 391 g/mol. The lowest BCUT2D eigenvalue weighted by molar-refractivity contribution is -0.0282. The zero-order chi connectivity index (χ0) is 19.8. The summed E-state index contributed by atoms with van der Waals surface area (Å²) in [5.74, 6) is 1.56. The fourth-order valence-corrected chi connectivity index (χ4v) is 3.35. The van der Waals surface area contributed by atoms with E-state index in [0.29, 0.717) is 30.2 Å². The summed E-state index contributed by atoms with van der Waals surface area (Å²) in [7, 11) is 0. The van der Waals surface area contributed by atoms with Crippen molar-refractivity contribution in [2.45, 2.75) is 51.3 Å². The van der Waals surface area contributed by atoms with Crippen molar-refractivity contribution in [3.63, 3.8) is 0 Å². The molecule has 2 aliphatic heterocycles. The van der Waals surface area contributed by atoms with Crippen molar-refractivity contribution in [2.24, 2.45) is 0 Å². The molecule has 1 aromatic carbocycles. The van der Waals surface area contributed by atoms with Crippen LogP contribution in [0.4, 0.5) is 15.9 Å². The van der Waals surface area contributed by atoms with Gasteiger partial charge in [0.15, 0.2) is 29.7 Å². The first-order valence-electron chi connectivity index (χ1n) is 9.35. The molecule has 2 aromatic rings. The number of rotatable bonds is 5. The van der Waals surface area contributed by atoms with Crippen molar-refractivity contribution in [3.8, 4) is 17.2 Å². The molecule has 0 spiro atoms. The van der Waals surface area contributed by atoms with Crippen LogP contribution in [0.1, 0.15) is 32.9 Å². The van der Waals surface area contributed by atoms with Crippen LogP contribution < -0.4 is 20.5 Å². The molecule has 28 heavy (non-hydrogen) atoms. The highest BCUT2D eigenvalue weighted by atomic mass is 19.1. The Morgan fingerprint density at radius 2 is 2.18 bits per heavy atom. The summed E-state index contributed by atoms with van der Waals surface area (Å²) >= 11 is 0. The summed E-state index contributed by atoms with van der Waals surface area (Å²) in [5.41, 5.74) is -0.128. The maximum atomic E-state index is 14.5. The number of para-hydroxylation sites is 1. The fraction of sp³-hybridized carbons (Fsp3) is 0.474. The molecule has 2 N–H and O–H groups in total. The van der Waals surface area contributed by atoms with Gasteiger partial charge >= 0.3 is 5.69 Å². The minimum absolute atomic E-state index is 0.210. The largest absolute Gasteiger partial charge is 0.491 e. The number of aliphatic hydroxyl groups is 1. The number of anilines is 2. The smallest absolute Gasteiger partial charge is 0.352 e. The highest BCUT2D eigenvalue weighted by molar-refractivity contribution is 5.77. The lowest BCUT2D eigenvalue weighted by Crippen LogP contribution is -2.33. The van der Waals surface area contributed by atoms with Crippen LogP contribution in [0, 0.1) is 0 Å². The molecule has 0 saturated carbocycles. The average Bonchev–Trinajstić information content (AvgIpc) is 2.98. The monoisotopic (exact) mass is 391 g/mol. The first-order chi connectivity index (χ1) is 13.5. The lowest BCUT2D eigenvalue weighted by Gasteiger charge is -2.24. The third-order valence-corrected chi connectivity index (χ3v) is 4.80. The summed E-state index contributed by atoms with van der Waals surface area (Å²) < 4.78 is 32.6. The maximum absolute atomic E-state index is 14.5. The van der Waals surface area contributed by atoms with Crippen molar-refractivity contribution in [2.75, 3.05) is 11.9 Å². The number of aromatic nitrogens is 2. The van der Waals surface area contributed by atoms with Gasteiger partial charge in [0.2, 0.25) is 0 Å². The first-order valence-corrected chi connectivity index (χ1v) is 9.35. The molecule has 150 valence electrons. The molecule has 0 radical (unpaired) electrons. The van der Waals surface area contributed by atoms with Gasteiger partial charge in [-0.15, -0.1) is 0 Å². The van der Waals surface area contributed by atoms with E-state index in [0.717, 1.165) is 11.0 Å². The van der Waals surface area contributed by atoms with Crippen LogP contribution in [0.2, 0.25) is 0 Å². The molecular weight excluding hydrogens is 369 g/mol. The van der Waals surface area contributed by atoms with Crippen molar-refractivity contribution < 1.29 is 23.7 Å². The lowest BCUT2D eigenvalue weighted by atomic mass is 10.1. The van der Waals surface area contributed by atoms with E-state index in [9.17, 15) is 14.3 Å². The van der Waals surface area contributed by atoms with Gasteiger partial charge in [0, 0.05) is 0 Å². The van der Waals surface area contributed by atoms with Crippen LogP contribution in [-0.4, -0.2) is 39.6 Å². The molecule has 4 atom stereocenters. The molecule has 4 rings (SSSR count). The quantitative estimate of drug-likeness (QED) is 0.690. The van der Waals surface area contributed by atoms with Gasteiger partial charge in [-0.3, -0.25) is 4.57 Å². The zero-order valence-corrected chi connectivity index (χ0v) is 15.6. The van der Waals surface area contributed by atoms with Gasteiger partial charge in [-0.2, -0.15) is 4.98 Å². The van der Waals surface area contributed by atoms with Gasteiger partial charge < -0.3 is 24.6 Å². The highest BCUT2D eigenvalue weighted by Gasteiger charge is 2.45. The summed E-state index contributed by atoms with van der Waals surface area (Å²) in [5, 5.41) is 13.0. The Labute approximate surface area is 160 Å². The van der Waals surface area contributed by atoms with Gasteiger partial charge in [-0.25, -0.2) is 9.18 Å². The summed E-state index contributed by atoms with van der Waals surface area (Å²) in [6.07, 6.45) is -2.34. The third-order valence-electron chi connectivity index (χ3n) is 4.80. The number of hydrogen-bond donors (Lipinski definition) is 2. The Bertz CT molecular complexity index is 934. The molecule has 2 aliphatic rings. The molecule has 1 unspecified atom stereocenters. The number of benzene rings is 1. The number of nitrogens with zero attached hydrogens (tertiary/aromatic N) is 2. The molecule has 9 heteroatoms. The summed E-state index contributed by atoms with van der Waals surface area (Å²) in [4.78, 5) is 16.5. The number of halogens is 1. The minimum Gasteiger partial charge on any atom is -0.491 e. The third kappa shape index (κ3) is 3.10. The standard InChI is InChI=1S/C19H22FN3O5/c1-3-8-26-11-6-5-7-12-15(11)21-17-13(27-12)9-23(19(25)22-17)18-14(20)16(24)10(4-2)28-18/h5-7,9-10,14,16,18,24H,3-4,8H2,1-2H3,(H,21,22,25)/t10-,14+,16?,18-/m1/s1. The van der Waals surface area contributed by atoms with E-state index in [1.807, 2.05) is 6.92 Å². The SMILES string of the molecule is CCCOc1cccc2c1Nc1nc(=O)n([C@@H]3O[C@H](CC)C(O)[C@@H]3F)cc1O2. The van der Waals surface area contributed by atoms with E-state index < -0.39 is 30.3 Å². The second kappa shape index (κ2) is 7.40. The van der Waals surface area contributed by atoms with E-state index in [1.165, 1.54) is 6.20 Å². The molecule has 3 heterocycles. The zero-order valence-electron chi connectivity index (χ0n) is 15.6. The summed E-state index contributed by atoms with van der Waals surface area (Å²) in [6, 6.07) is 5.34. The predicted octanol–water partition coefficient (Wildman–Crippen LogP) is 2.89.